The standard InChI is InChI=1S/C15H17N5O/c1-11-3-5-12(6-4-11)19-14-13-15(17-9-16-14)20(10-18-13)7-8-21-2/h3-6,9-10H,7-8H2,1-2H3,(H,16,17,19). The van der Waals surface area contributed by atoms with Gasteiger partial charge in [0.2, 0.25) is 0 Å². The maximum absolute atomic E-state index is 5.09. The first-order valence-corrected chi connectivity index (χ1v) is 6.76. The highest BCUT2D eigenvalue weighted by atomic mass is 16.5. The number of anilines is 2. The zero-order valence-electron chi connectivity index (χ0n) is 12.1. The number of ether oxygens (including phenoxy) is 1. The molecule has 3 rings (SSSR count). The van der Waals surface area contributed by atoms with Gasteiger partial charge in [-0.1, -0.05) is 17.7 Å². The summed E-state index contributed by atoms with van der Waals surface area (Å²) >= 11 is 0. The minimum Gasteiger partial charge on any atom is -0.383 e. The molecule has 0 atom stereocenters. The molecule has 2 heterocycles. The van der Waals surface area contributed by atoms with Gasteiger partial charge in [0.25, 0.3) is 0 Å². The fraction of sp³-hybridized carbons (Fsp3) is 0.267. The second-order valence-corrected chi connectivity index (χ2v) is 4.82. The Morgan fingerprint density at radius 3 is 2.71 bits per heavy atom. The number of hydrogen-bond donors (Lipinski definition) is 1. The molecule has 0 aliphatic rings. The summed E-state index contributed by atoms with van der Waals surface area (Å²) in [6.45, 7) is 3.40. The molecule has 0 aliphatic heterocycles. The smallest absolute Gasteiger partial charge is 0.165 e. The summed E-state index contributed by atoms with van der Waals surface area (Å²) in [6, 6.07) is 8.15. The van der Waals surface area contributed by atoms with Crippen LogP contribution in [0.2, 0.25) is 0 Å². The zero-order chi connectivity index (χ0) is 14.7. The minimum absolute atomic E-state index is 0.621. The van der Waals surface area contributed by atoms with Crippen LogP contribution in [0.1, 0.15) is 5.56 Å². The van der Waals surface area contributed by atoms with E-state index < -0.39 is 0 Å². The van der Waals surface area contributed by atoms with Crippen LogP contribution in [-0.4, -0.2) is 33.2 Å². The number of fused-ring (bicyclic) bond motifs is 1. The van der Waals surface area contributed by atoms with Crippen LogP contribution in [0, 0.1) is 6.92 Å². The van der Waals surface area contributed by atoms with Crippen molar-refractivity contribution in [3.05, 3.63) is 42.5 Å². The van der Waals surface area contributed by atoms with Crippen molar-refractivity contribution in [1.82, 2.24) is 19.5 Å². The van der Waals surface area contributed by atoms with Crippen molar-refractivity contribution in [2.24, 2.45) is 0 Å². The van der Waals surface area contributed by atoms with E-state index in [0.717, 1.165) is 16.9 Å². The average Bonchev–Trinajstić information content (AvgIpc) is 2.92. The van der Waals surface area contributed by atoms with Crippen LogP contribution in [0.25, 0.3) is 11.2 Å². The van der Waals surface area contributed by atoms with Crippen LogP contribution in [-0.2, 0) is 11.3 Å². The van der Waals surface area contributed by atoms with Crippen LogP contribution in [0.3, 0.4) is 0 Å². The Labute approximate surface area is 122 Å². The van der Waals surface area contributed by atoms with Gasteiger partial charge in [0.1, 0.15) is 6.33 Å². The van der Waals surface area contributed by atoms with Crippen molar-refractivity contribution >= 4 is 22.7 Å². The molecule has 21 heavy (non-hydrogen) atoms. The first-order valence-electron chi connectivity index (χ1n) is 6.76. The number of imidazole rings is 1. The predicted octanol–water partition coefficient (Wildman–Crippen LogP) is 2.52. The Morgan fingerprint density at radius 2 is 1.95 bits per heavy atom. The third-order valence-corrected chi connectivity index (χ3v) is 3.25. The monoisotopic (exact) mass is 283 g/mol. The van der Waals surface area contributed by atoms with E-state index in [-0.39, 0.29) is 0 Å². The molecule has 0 fully saturated rings. The largest absolute Gasteiger partial charge is 0.383 e. The summed E-state index contributed by atoms with van der Waals surface area (Å²) in [5.74, 6) is 0.708. The molecular weight excluding hydrogens is 266 g/mol. The minimum atomic E-state index is 0.621. The van der Waals surface area contributed by atoms with E-state index in [1.165, 1.54) is 5.56 Å². The summed E-state index contributed by atoms with van der Waals surface area (Å²) in [6.07, 6.45) is 3.31. The van der Waals surface area contributed by atoms with Crippen molar-refractivity contribution < 1.29 is 4.74 Å². The lowest BCUT2D eigenvalue weighted by atomic mass is 10.2. The maximum Gasteiger partial charge on any atom is 0.165 e. The molecule has 2 aromatic heterocycles. The van der Waals surface area contributed by atoms with Crippen LogP contribution in [0.4, 0.5) is 11.5 Å². The molecule has 6 heteroatoms. The Bertz CT molecular complexity index is 735. The molecular formula is C15H17N5O. The van der Waals surface area contributed by atoms with Gasteiger partial charge in [-0.3, -0.25) is 0 Å². The Morgan fingerprint density at radius 1 is 1.14 bits per heavy atom. The van der Waals surface area contributed by atoms with Gasteiger partial charge in [0.15, 0.2) is 17.0 Å². The number of rotatable bonds is 5. The molecule has 0 saturated heterocycles. The van der Waals surface area contributed by atoms with E-state index in [2.05, 4.69) is 39.3 Å². The van der Waals surface area contributed by atoms with Crippen molar-refractivity contribution in [1.29, 1.82) is 0 Å². The normalized spacial score (nSPS) is 11.0. The van der Waals surface area contributed by atoms with Crippen molar-refractivity contribution in [2.75, 3.05) is 19.0 Å². The van der Waals surface area contributed by atoms with Gasteiger partial charge in [-0.15, -0.1) is 0 Å². The summed E-state index contributed by atoms with van der Waals surface area (Å²) in [4.78, 5) is 13.0. The van der Waals surface area contributed by atoms with Crippen molar-refractivity contribution in [3.8, 4) is 0 Å². The lowest BCUT2D eigenvalue weighted by Crippen LogP contribution is -2.04. The molecule has 0 unspecified atom stereocenters. The number of hydrogen-bond acceptors (Lipinski definition) is 5. The Balaban J connectivity index is 1.92. The van der Waals surface area contributed by atoms with Gasteiger partial charge in [0.05, 0.1) is 12.9 Å². The average molecular weight is 283 g/mol. The van der Waals surface area contributed by atoms with E-state index in [4.69, 9.17) is 4.74 Å². The summed E-state index contributed by atoms with van der Waals surface area (Å²) in [5.41, 5.74) is 3.76. The Kier molecular flexibility index (Phi) is 3.79. The highest BCUT2D eigenvalue weighted by Crippen LogP contribution is 2.21. The van der Waals surface area contributed by atoms with Gasteiger partial charge in [-0.05, 0) is 19.1 Å². The molecule has 1 aromatic carbocycles. The van der Waals surface area contributed by atoms with Gasteiger partial charge in [-0.25, -0.2) is 15.0 Å². The quantitative estimate of drug-likeness (QED) is 0.779. The fourth-order valence-corrected chi connectivity index (χ4v) is 2.10. The van der Waals surface area contributed by atoms with E-state index >= 15 is 0 Å². The Hall–Kier alpha value is -2.47. The first-order chi connectivity index (χ1) is 10.3. The van der Waals surface area contributed by atoms with E-state index in [9.17, 15) is 0 Å². The molecule has 0 spiro atoms. The highest BCUT2D eigenvalue weighted by molar-refractivity contribution is 5.85. The zero-order valence-corrected chi connectivity index (χ0v) is 12.1. The number of methoxy groups -OCH3 is 1. The summed E-state index contributed by atoms with van der Waals surface area (Å²) < 4.78 is 7.05. The highest BCUT2D eigenvalue weighted by Gasteiger charge is 2.10. The molecule has 0 amide bonds. The van der Waals surface area contributed by atoms with Crippen LogP contribution in [0.15, 0.2) is 36.9 Å². The fourth-order valence-electron chi connectivity index (χ4n) is 2.10. The predicted molar refractivity (Wildman–Crippen MR) is 81.7 cm³/mol. The molecule has 3 aromatic rings. The lowest BCUT2D eigenvalue weighted by molar-refractivity contribution is 0.188. The third kappa shape index (κ3) is 2.85. The van der Waals surface area contributed by atoms with E-state index in [1.54, 1.807) is 19.8 Å². The third-order valence-electron chi connectivity index (χ3n) is 3.25. The van der Waals surface area contributed by atoms with Gasteiger partial charge < -0.3 is 14.6 Å². The maximum atomic E-state index is 5.09. The SMILES string of the molecule is COCCn1cnc2c(Nc3ccc(C)cc3)ncnc21. The number of nitrogens with zero attached hydrogens (tertiary/aromatic N) is 4. The second kappa shape index (κ2) is 5.88. The van der Waals surface area contributed by atoms with Crippen LogP contribution in [0.5, 0.6) is 0 Å². The van der Waals surface area contributed by atoms with Gasteiger partial charge in [0, 0.05) is 19.3 Å². The van der Waals surface area contributed by atoms with Crippen molar-refractivity contribution in [2.45, 2.75) is 13.5 Å². The van der Waals surface area contributed by atoms with E-state index in [0.29, 0.717) is 19.0 Å². The number of benzene rings is 1. The number of nitrogens with one attached hydrogen (secondary N) is 1. The summed E-state index contributed by atoms with van der Waals surface area (Å²) in [7, 11) is 1.68. The number of aryl methyl sites for hydroxylation is 1. The lowest BCUT2D eigenvalue weighted by Gasteiger charge is -2.07. The van der Waals surface area contributed by atoms with Crippen molar-refractivity contribution in [3.63, 3.8) is 0 Å². The molecule has 0 aliphatic carbocycles. The van der Waals surface area contributed by atoms with Crippen LogP contribution >= 0.6 is 0 Å². The van der Waals surface area contributed by atoms with Gasteiger partial charge >= 0.3 is 0 Å². The topological polar surface area (TPSA) is 64.9 Å². The second-order valence-electron chi connectivity index (χ2n) is 4.82. The molecule has 0 radical (unpaired) electrons. The van der Waals surface area contributed by atoms with Gasteiger partial charge in [-0.2, -0.15) is 0 Å². The molecule has 0 bridgehead atoms. The molecule has 6 nitrogen and oxygen atoms in total. The molecule has 108 valence electrons. The van der Waals surface area contributed by atoms with E-state index in [1.807, 2.05) is 16.7 Å². The first kappa shape index (κ1) is 13.5. The van der Waals surface area contributed by atoms with Crippen LogP contribution < -0.4 is 5.32 Å². The summed E-state index contributed by atoms with van der Waals surface area (Å²) in [5, 5.41) is 3.29. The molecule has 0 saturated carbocycles. The molecule has 1 N–H and O–H groups in total. The number of aromatic nitrogens is 4.